The van der Waals surface area contributed by atoms with Gasteiger partial charge in [-0.2, -0.15) is 0 Å². The maximum Gasteiger partial charge on any atom is 0.159 e. The van der Waals surface area contributed by atoms with Crippen LogP contribution < -0.4 is 0 Å². The Bertz CT molecular complexity index is 347. The van der Waals surface area contributed by atoms with Crippen LogP contribution in [-0.2, 0) is 6.42 Å². The summed E-state index contributed by atoms with van der Waals surface area (Å²) in [6.07, 6.45) is 2.52. The zero-order valence-corrected chi connectivity index (χ0v) is 8.29. The molecular formula is C12H14O2. The van der Waals surface area contributed by atoms with Crippen LogP contribution in [-0.4, -0.2) is 16.5 Å². The number of carbonyl (C=O) groups is 1. The van der Waals surface area contributed by atoms with E-state index < -0.39 is 5.60 Å². The molecule has 2 rings (SSSR count). The molecule has 1 saturated carbocycles. The fourth-order valence-electron chi connectivity index (χ4n) is 1.56. The van der Waals surface area contributed by atoms with E-state index in [1.807, 2.05) is 24.3 Å². The lowest BCUT2D eigenvalue weighted by atomic mass is 10.0. The van der Waals surface area contributed by atoms with Crippen LogP contribution in [0.25, 0.3) is 0 Å². The summed E-state index contributed by atoms with van der Waals surface area (Å²) in [7, 11) is 0. The summed E-state index contributed by atoms with van der Waals surface area (Å²) in [5.74, 6) is 0.0849. The van der Waals surface area contributed by atoms with Crippen molar-refractivity contribution in [2.75, 3.05) is 0 Å². The molecule has 0 aromatic heterocycles. The lowest BCUT2D eigenvalue weighted by Crippen LogP contribution is -2.10. The molecule has 0 saturated heterocycles. The minimum absolute atomic E-state index is 0.0849. The maximum atomic E-state index is 11.0. The molecule has 0 amide bonds. The van der Waals surface area contributed by atoms with Crippen molar-refractivity contribution in [2.45, 2.75) is 31.8 Å². The first-order valence-corrected chi connectivity index (χ1v) is 4.91. The van der Waals surface area contributed by atoms with Crippen molar-refractivity contribution >= 4 is 5.78 Å². The van der Waals surface area contributed by atoms with Gasteiger partial charge in [0.25, 0.3) is 0 Å². The zero-order valence-electron chi connectivity index (χ0n) is 8.29. The van der Waals surface area contributed by atoms with Gasteiger partial charge >= 0.3 is 0 Å². The quantitative estimate of drug-likeness (QED) is 0.740. The van der Waals surface area contributed by atoms with Crippen molar-refractivity contribution in [3.8, 4) is 0 Å². The third kappa shape index (κ3) is 2.02. The highest BCUT2D eigenvalue weighted by atomic mass is 16.3. The molecule has 2 heteroatoms. The summed E-state index contributed by atoms with van der Waals surface area (Å²) in [6, 6.07) is 7.49. The van der Waals surface area contributed by atoms with Gasteiger partial charge in [-0.3, -0.25) is 4.79 Å². The molecule has 1 aliphatic rings. The second-order valence-electron chi connectivity index (χ2n) is 4.15. The van der Waals surface area contributed by atoms with E-state index in [2.05, 4.69) is 0 Å². The van der Waals surface area contributed by atoms with E-state index in [9.17, 15) is 9.90 Å². The number of rotatable bonds is 3. The molecule has 0 spiro atoms. The molecule has 0 heterocycles. The maximum absolute atomic E-state index is 11.0. The van der Waals surface area contributed by atoms with Crippen molar-refractivity contribution in [3.63, 3.8) is 0 Å². The van der Waals surface area contributed by atoms with Crippen LogP contribution in [0.4, 0.5) is 0 Å². The number of hydrogen-bond acceptors (Lipinski definition) is 2. The Morgan fingerprint density at radius 3 is 2.36 bits per heavy atom. The summed E-state index contributed by atoms with van der Waals surface area (Å²) in [6.45, 7) is 1.56. The summed E-state index contributed by atoms with van der Waals surface area (Å²) >= 11 is 0. The monoisotopic (exact) mass is 190 g/mol. The average Bonchev–Trinajstić information content (AvgIpc) is 2.84. The molecule has 1 aliphatic carbocycles. The van der Waals surface area contributed by atoms with E-state index in [1.165, 1.54) is 0 Å². The Kier molecular flexibility index (Phi) is 2.16. The fraction of sp³-hybridized carbons (Fsp3) is 0.417. The largest absolute Gasteiger partial charge is 0.390 e. The van der Waals surface area contributed by atoms with Gasteiger partial charge in [-0.1, -0.05) is 24.3 Å². The van der Waals surface area contributed by atoms with Gasteiger partial charge in [-0.15, -0.1) is 0 Å². The second kappa shape index (κ2) is 3.21. The lowest BCUT2D eigenvalue weighted by Gasteiger charge is -2.07. The molecule has 1 N–H and O–H groups in total. The van der Waals surface area contributed by atoms with E-state index >= 15 is 0 Å². The van der Waals surface area contributed by atoms with E-state index in [-0.39, 0.29) is 5.78 Å². The van der Waals surface area contributed by atoms with Crippen molar-refractivity contribution in [2.24, 2.45) is 0 Å². The fourth-order valence-corrected chi connectivity index (χ4v) is 1.56. The zero-order chi connectivity index (χ0) is 10.2. The summed E-state index contributed by atoms with van der Waals surface area (Å²) < 4.78 is 0. The number of benzene rings is 1. The molecule has 0 aliphatic heterocycles. The van der Waals surface area contributed by atoms with E-state index in [0.29, 0.717) is 6.42 Å². The summed E-state index contributed by atoms with van der Waals surface area (Å²) in [5, 5.41) is 9.69. The molecule has 0 radical (unpaired) electrons. The number of carbonyl (C=O) groups excluding carboxylic acids is 1. The number of ketones is 1. The Labute approximate surface area is 83.6 Å². The molecule has 74 valence electrons. The second-order valence-corrected chi connectivity index (χ2v) is 4.15. The van der Waals surface area contributed by atoms with Gasteiger partial charge < -0.3 is 5.11 Å². The lowest BCUT2D eigenvalue weighted by molar-refractivity contribution is 0.101. The molecule has 1 fully saturated rings. The third-order valence-electron chi connectivity index (χ3n) is 2.72. The Morgan fingerprint density at radius 1 is 1.36 bits per heavy atom. The Balaban J connectivity index is 2.10. The molecule has 1 aromatic carbocycles. The summed E-state index contributed by atoms with van der Waals surface area (Å²) in [5.41, 5.74) is 1.39. The topological polar surface area (TPSA) is 37.3 Å². The molecule has 2 nitrogen and oxygen atoms in total. The first kappa shape index (κ1) is 9.41. The van der Waals surface area contributed by atoms with Gasteiger partial charge in [0.1, 0.15) is 0 Å². The SMILES string of the molecule is CC(=O)c1ccc(CC2(O)CC2)cc1. The minimum atomic E-state index is -0.447. The number of aliphatic hydroxyl groups is 1. The van der Waals surface area contributed by atoms with Crippen molar-refractivity contribution in [1.29, 1.82) is 0 Å². The first-order chi connectivity index (χ1) is 6.59. The van der Waals surface area contributed by atoms with Crippen LogP contribution in [0.5, 0.6) is 0 Å². The van der Waals surface area contributed by atoms with Crippen molar-refractivity contribution in [3.05, 3.63) is 35.4 Å². The van der Waals surface area contributed by atoms with Crippen molar-refractivity contribution in [1.82, 2.24) is 0 Å². The number of Topliss-reactive ketones (excluding diaryl/α,β-unsaturated/α-hetero) is 1. The molecular weight excluding hydrogens is 176 g/mol. The highest BCUT2D eigenvalue weighted by molar-refractivity contribution is 5.93. The van der Waals surface area contributed by atoms with Gasteiger partial charge in [-0.25, -0.2) is 0 Å². The molecule has 0 atom stereocenters. The van der Waals surface area contributed by atoms with Crippen LogP contribution in [0.15, 0.2) is 24.3 Å². The molecule has 0 bridgehead atoms. The normalized spacial score (nSPS) is 17.9. The van der Waals surface area contributed by atoms with Crippen molar-refractivity contribution < 1.29 is 9.90 Å². The van der Waals surface area contributed by atoms with Crippen LogP contribution in [0.1, 0.15) is 35.7 Å². The summed E-state index contributed by atoms with van der Waals surface area (Å²) in [4.78, 5) is 11.0. The Morgan fingerprint density at radius 2 is 1.93 bits per heavy atom. The highest BCUT2D eigenvalue weighted by Crippen LogP contribution is 2.38. The third-order valence-corrected chi connectivity index (χ3v) is 2.72. The van der Waals surface area contributed by atoms with Gasteiger partial charge in [0.05, 0.1) is 5.60 Å². The molecule has 14 heavy (non-hydrogen) atoms. The molecule has 0 unspecified atom stereocenters. The van der Waals surface area contributed by atoms with E-state index in [0.717, 1.165) is 24.0 Å². The van der Waals surface area contributed by atoms with Crippen LogP contribution in [0, 0.1) is 0 Å². The Hall–Kier alpha value is -1.15. The van der Waals surface area contributed by atoms with Gasteiger partial charge in [0.15, 0.2) is 5.78 Å². The van der Waals surface area contributed by atoms with Crippen LogP contribution >= 0.6 is 0 Å². The van der Waals surface area contributed by atoms with E-state index in [4.69, 9.17) is 0 Å². The predicted molar refractivity (Wildman–Crippen MR) is 54.3 cm³/mol. The van der Waals surface area contributed by atoms with Gasteiger partial charge in [0, 0.05) is 12.0 Å². The van der Waals surface area contributed by atoms with Crippen LogP contribution in [0.2, 0.25) is 0 Å². The first-order valence-electron chi connectivity index (χ1n) is 4.91. The number of hydrogen-bond donors (Lipinski definition) is 1. The smallest absolute Gasteiger partial charge is 0.159 e. The van der Waals surface area contributed by atoms with Gasteiger partial charge in [0.2, 0.25) is 0 Å². The van der Waals surface area contributed by atoms with Crippen LogP contribution in [0.3, 0.4) is 0 Å². The van der Waals surface area contributed by atoms with E-state index in [1.54, 1.807) is 6.92 Å². The highest BCUT2D eigenvalue weighted by Gasteiger charge is 2.39. The molecule has 1 aromatic rings. The standard InChI is InChI=1S/C12H14O2/c1-9(13)11-4-2-10(3-5-11)8-12(14)6-7-12/h2-5,14H,6-8H2,1H3. The minimum Gasteiger partial charge on any atom is -0.390 e. The predicted octanol–water partition coefficient (Wildman–Crippen LogP) is 1.96. The van der Waals surface area contributed by atoms with Gasteiger partial charge in [-0.05, 0) is 25.3 Å². The average molecular weight is 190 g/mol.